The fourth-order valence-electron chi connectivity index (χ4n) is 4.24. The number of anilines is 2. The van der Waals surface area contributed by atoms with Gasteiger partial charge in [0.1, 0.15) is 5.54 Å². The number of aromatic nitrogens is 2. The van der Waals surface area contributed by atoms with Crippen molar-refractivity contribution < 1.29 is 22.4 Å². The molecule has 9 nitrogen and oxygen atoms in total. The first-order chi connectivity index (χ1) is 17.2. The maximum absolute atomic E-state index is 13.6. The Morgan fingerprint density at radius 1 is 1.14 bits per heavy atom. The molecule has 1 aromatic carbocycles. The standard InChI is InChI=1S/C26H36N4O5SSi/c1-25(2,3)37(6,7)35-16-15-29-21-17-27-23-20(22(21)28-26(4,18-34-5)24(29)31)13-14-30(23)36(32,33)19-11-9-8-10-12-19/h8-14,17,28H,15-16,18H2,1-7H3/t26-/m0/s1. The van der Waals surface area contributed by atoms with E-state index < -0.39 is 23.9 Å². The summed E-state index contributed by atoms with van der Waals surface area (Å²) in [6, 6.07) is 9.94. The fraction of sp³-hybridized carbons (Fsp3) is 0.462. The van der Waals surface area contributed by atoms with Crippen LogP contribution in [0.5, 0.6) is 0 Å². The Bertz CT molecular complexity index is 1420. The van der Waals surface area contributed by atoms with Crippen molar-refractivity contribution in [3.05, 3.63) is 48.8 Å². The van der Waals surface area contributed by atoms with Gasteiger partial charge in [-0.25, -0.2) is 17.4 Å². The van der Waals surface area contributed by atoms with Gasteiger partial charge in [0.05, 0.1) is 35.7 Å². The molecular formula is C26H36N4O5SSi. The third-order valence-corrected chi connectivity index (χ3v) is 13.6. The smallest absolute Gasteiger partial charge is 0.269 e. The summed E-state index contributed by atoms with van der Waals surface area (Å²) in [5.74, 6) is -0.154. The van der Waals surface area contributed by atoms with Gasteiger partial charge in [-0.1, -0.05) is 39.0 Å². The molecule has 0 saturated carbocycles. The minimum atomic E-state index is -3.85. The van der Waals surface area contributed by atoms with E-state index in [9.17, 15) is 13.2 Å². The van der Waals surface area contributed by atoms with Crippen LogP contribution in [0.1, 0.15) is 27.7 Å². The van der Waals surface area contributed by atoms with Crippen molar-refractivity contribution in [3.63, 3.8) is 0 Å². The SMILES string of the molecule is COC[C@]1(C)Nc2c(cnc3c2ccn3S(=O)(=O)c2ccccc2)N(CCO[Si](C)(C)C(C)(C)C)C1=O. The van der Waals surface area contributed by atoms with Gasteiger partial charge < -0.3 is 19.4 Å². The van der Waals surface area contributed by atoms with E-state index in [0.717, 1.165) is 0 Å². The number of hydrogen-bond acceptors (Lipinski definition) is 7. The third-order valence-electron chi connectivity index (χ3n) is 7.39. The number of fused-ring (bicyclic) bond motifs is 3. The van der Waals surface area contributed by atoms with Crippen LogP contribution in [-0.2, 0) is 24.0 Å². The van der Waals surface area contributed by atoms with Gasteiger partial charge in [-0.2, -0.15) is 0 Å². The monoisotopic (exact) mass is 544 g/mol. The van der Waals surface area contributed by atoms with Crippen molar-refractivity contribution >= 4 is 46.7 Å². The lowest BCUT2D eigenvalue weighted by Crippen LogP contribution is -2.59. The number of rotatable bonds is 8. The van der Waals surface area contributed by atoms with E-state index in [1.54, 1.807) is 61.5 Å². The summed E-state index contributed by atoms with van der Waals surface area (Å²) in [5, 5.41) is 3.98. The average Bonchev–Trinajstić information content (AvgIpc) is 3.27. The zero-order valence-electron chi connectivity index (χ0n) is 22.5. The maximum atomic E-state index is 13.6. The molecule has 0 fully saturated rings. The number of ether oxygens (including phenoxy) is 1. The molecule has 0 unspecified atom stereocenters. The van der Waals surface area contributed by atoms with Crippen molar-refractivity contribution in [2.75, 3.05) is 37.1 Å². The number of pyridine rings is 1. The van der Waals surface area contributed by atoms with E-state index in [1.807, 2.05) is 0 Å². The predicted octanol–water partition coefficient (Wildman–Crippen LogP) is 4.46. The highest BCUT2D eigenvalue weighted by Crippen LogP contribution is 2.41. The highest BCUT2D eigenvalue weighted by Gasteiger charge is 2.44. The fourth-order valence-corrected chi connectivity index (χ4v) is 6.60. The number of benzene rings is 1. The first kappa shape index (κ1) is 27.3. The first-order valence-electron chi connectivity index (χ1n) is 12.3. The normalized spacial score (nSPS) is 18.7. The van der Waals surface area contributed by atoms with Gasteiger partial charge in [0, 0.05) is 25.2 Å². The van der Waals surface area contributed by atoms with Crippen LogP contribution < -0.4 is 10.2 Å². The van der Waals surface area contributed by atoms with E-state index in [1.165, 1.54) is 10.2 Å². The molecule has 1 aliphatic rings. The molecule has 2 aromatic heterocycles. The van der Waals surface area contributed by atoms with Crippen molar-refractivity contribution in [2.45, 2.75) is 56.3 Å². The topological polar surface area (TPSA) is 103 Å². The molecular weight excluding hydrogens is 508 g/mol. The van der Waals surface area contributed by atoms with Crippen molar-refractivity contribution in [1.82, 2.24) is 8.96 Å². The molecule has 4 rings (SSSR count). The molecule has 0 aliphatic carbocycles. The summed E-state index contributed by atoms with van der Waals surface area (Å²) >= 11 is 0. The number of nitrogens with one attached hydrogen (secondary N) is 1. The molecule has 0 saturated heterocycles. The molecule has 1 N–H and O–H groups in total. The van der Waals surface area contributed by atoms with Crippen LogP contribution in [0.25, 0.3) is 11.0 Å². The molecule has 1 atom stereocenters. The van der Waals surface area contributed by atoms with Crippen molar-refractivity contribution in [2.24, 2.45) is 0 Å². The summed E-state index contributed by atoms with van der Waals surface area (Å²) < 4.78 is 39.6. The summed E-state index contributed by atoms with van der Waals surface area (Å²) in [6.07, 6.45) is 3.05. The van der Waals surface area contributed by atoms with E-state index in [4.69, 9.17) is 9.16 Å². The second-order valence-corrected chi connectivity index (χ2v) is 17.8. The van der Waals surface area contributed by atoms with Gasteiger partial charge >= 0.3 is 0 Å². The molecule has 11 heteroatoms. The first-order valence-corrected chi connectivity index (χ1v) is 16.6. The van der Waals surface area contributed by atoms with E-state index in [2.05, 4.69) is 44.2 Å². The van der Waals surface area contributed by atoms with Gasteiger partial charge in [0.25, 0.3) is 15.9 Å². The predicted molar refractivity (Wildman–Crippen MR) is 148 cm³/mol. The number of carbonyl (C=O) groups excluding carboxylic acids is 1. The van der Waals surface area contributed by atoms with Crippen LogP contribution in [0.4, 0.5) is 11.4 Å². The van der Waals surface area contributed by atoms with Crippen molar-refractivity contribution in [1.29, 1.82) is 0 Å². The quantitative estimate of drug-likeness (QED) is 0.418. The summed E-state index contributed by atoms with van der Waals surface area (Å²) in [4.78, 5) is 20.0. The lowest BCUT2D eigenvalue weighted by Gasteiger charge is -2.42. The number of methoxy groups -OCH3 is 1. The Morgan fingerprint density at radius 3 is 2.43 bits per heavy atom. The highest BCUT2D eigenvalue weighted by atomic mass is 32.2. The third kappa shape index (κ3) is 4.81. The maximum Gasteiger partial charge on any atom is 0.269 e. The van der Waals surface area contributed by atoms with Crippen molar-refractivity contribution in [3.8, 4) is 0 Å². The molecule has 3 aromatic rings. The van der Waals surface area contributed by atoms with Gasteiger partial charge in [-0.05, 0) is 43.3 Å². The van der Waals surface area contributed by atoms with Gasteiger partial charge in [-0.3, -0.25) is 4.79 Å². The van der Waals surface area contributed by atoms with Crippen LogP contribution in [-0.4, -0.2) is 64.0 Å². The van der Waals surface area contributed by atoms with Crippen LogP contribution >= 0.6 is 0 Å². The summed E-state index contributed by atoms with van der Waals surface area (Å²) in [7, 11) is -4.32. The molecule has 37 heavy (non-hydrogen) atoms. The molecule has 0 radical (unpaired) electrons. The number of carbonyl (C=O) groups is 1. The Kier molecular flexibility index (Phi) is 7.04. The molecule has 1 aliphatic heterocycles. The summed E-state index contributed by atoms with van der Waals surface area (Å²) in [5.41, 5.74) is 0.452. The van der Waals surface area contributed by atoms with Gasteiger partial charge in [0.15, 0.2) is 14.0 Å². The zero-order chi connectivity index (χ0) is 27.2. The Labute approximate surface area is 220 Å². The van der Waals surface area contributed by atoms with E-state index in [0.29, 0.717) is 29.9 Å². The molecule has 0 spiro atoms. The second-order valence-electron chi connectivity index (χ2n) is 11.1. The van der Waals surface area contributed by atoms with Crippen LogP contribution in [0.2, 0.25) is 18.1 Å². The molecule has 3 heterocycles. The van der Waals surface area contributed by atoms with Crippen LogP contribution in [0, 0.1) is 0 Å². The molecule has 0 bridgehead atoms. The summed E-state index contributed by atoms with van der Waals surface area (Å²) in [6.45, 7) is 13.5. The minimum Gasteiger partial charge on any atom is -0.415 e. The zero-order valence-corrected chi connectivity index (χ0v) is 24.3. The molecule has 1 amide bonds. The Hall–Kier alpha value is -2.73. The van der Waals surface area contributed by atoms with E-state index >= 15 is 0 Å². The Morgan fingerprint density at radius 2 is 1.81 bits per heavy atom. The number of nitrogens with zero attached hydrogens (tertiary/aromatic N) is 3. The molecule has 200 valence electrons. The Balaban J connectivity index is 1.77. The highest BCUT2D eigenvalue weighted by molar-refractivity contribution is 7.90. The number of hydrogen-bond donors (Lipinski definition) is 1. The second kappa shape index (κ2) is 9.54. The van der Waals surface area contributed by atoms with Crippen LogP contribution in [0.15, 0.2) is 53.7 Å². The largest absolute Gasteiger partial charge is 0.415 e. The lowest BCUT2D eigenvalue weighted by molar-refractivity contribution is -0.124. The minimum absolute atomic E-state index is 0.0454. The number of amides is 1. The van der Waals surface area contributed by atoms with Gasteiger partial charge in [0.2, 0.25) is 0 Å². The van der Waals surface area contributed by atoms with Gasteiger partial charge in [-0.15, -0.1) is 0 Å². The van der Waals surface area contributed by atoms with E-state index in [-0.39, 0.29) is 28.1 Å². The average molecular weight is 545 g/mol. The lowest BCUT2D eigenvalue weighted by atomic mass is 9.96. The van der Waals surface area contributed by atoms with Crippen LogP contribution in [0.3, 0.4) is 0 Å².